The van der Waals surface area contributed by atoms with Crippen LogP contribution in [0.15, 0.2) is 42.5 Å². The molecular weight excluding hydrogens is 266 g/mol. The Kier molecular flexibility index (Phi) is 4.53. The number of hydrogen-bond donors (Lipinski definition) is 1. The van der Waals surface area contributed by atoms with Crippen LogP contribution < -0.4 is 9.47 Å². The first kappa shape index (κ1) is 14.3. The lowest BCUT2D eigenvalue weighted by Crippen LogP contribution is -2.10. The van der Waals surface area contributed by atoms with E-state index in [1.807, 2.05) is 0 Å². The maximum absolute atomic E-state index is 13.4. The Morgan fingerprint density at radius 3 is 2.65 bits per heavy atom. The highest BCUT2D eigenvalue weighted by molar-refractivity contribution is 5.30. The molecular formula is C15H14F2O3. The molecule has 3 nitrogen and oxygen atoms in total. The van der Waals surface area contributed by atoms with Crippen molar-refractivity contribution in [2.75, 3.05) is 13.7 Å². The van der Waals surface area contributed by atoms with Gasteiger partial charge in [0.05, 0.1) is 7.11 Å². The molecule has 1 atom stereocenters. The topological polar surface area (TPSA) is 38.7 Å². The van der Waals surface area contributed by atoms with Crippen LogP contribution in [0.25, 0.3) is 0 Å². The van der Waals surface area contributed by atoms with Crippen LogP contribution in [-0.4, -0.2) is 18.8 Å². The summed E-state index contributed by atoms with van der Waals surface area (Å²) in [6, 6.07) is 9.85. The van der Waals surface area contributed by atoms with Crippen molar-refractivity contribution >= 4 is 0 Å². The zero-order valence-electron chi connectivity index (χ0n) is 10.8. The Balaban J connectivity index is 2.02. The highest BCUT2D eigenvalue weighted by Gasteiger charge is 2.11. The molecule has 1 N–H and O–H groups in total. The first-order chi connectivity index (χ1) is 9.60. The van der Waals surface area contributed by atoms with Crippen LogP contribution in [0, 0.1) is 11.6 Å². The zero-order chi connectivity index (χ0) is 14.5. The van der Waals surface area contributed by atoms with Crippen LogP contribution in [0.4, 0.5) is 8.78 Å². The second-order valence-electron chi connectivity index (χ2n) is 4.18. The molecule has 0 aliphatic heterocycles. The Morgan fingerprint density at radius 2 is 1.95 bits per heavy atom. The van der Waals surface area contributed by atoms with Crippen molar-refractivity contribution in [1.82, 2.24) is 0 Å². The molecule has 0 saturated carbocycles. The summed E-state index contributed by atoms with van der Waals surface area (Å²) < 4.78 is 36.3. The predicted molar refractivity (Wildman–Crippen MR) is 69.8 cm³/mol. The van der Waals surface area contributed by atoms with Crippen molar-refractivity contribution < 1.29 is 23.4 Å². The van der Waals surface area contributed by atoms with Gasteiger partial charge >= 0.3 is 0 Å². The van der Waals surface area contributed by atoms with Gasteiger partial charge in [0.15, 0.2) is 11.6 Å². The molecule has 0 fully saturated rings. The van der Waals surface area contributed by atoms with E-state index in [9.17, 15) is 13.9 Å². The number of halogens is 2. The Labute approximate surface area is 115 Å². The molecule has 2 aromatic rings. The highest BCUT2D eigenvalue weighted by Crippen LogP contribution is 2.22. The predicted octanol–water partition coefficient (Wildman–Crippen LogP) is 3.09. The van der Waals surface area contributed by atoms with Gasteiger partial charge in [-0.3, -0.25) is 0 Å². The van der Waals surface area contributed by atoms with E-state index in [-0.39, 0.29) is 12.4 Å². The van der Waals surface area contributed by atoms with Crippen molar-refractivity contribution in [2.45, 2.75) is 6.10 Å². The molecule has 0 saturated heterocycles. The fourth-order valence-electron chi connectivity index (χ4n) is 1.71. The fraction of sp³-hybridized carbons (Fsp3) is 0.200. The van der Waals surface area contributed by atoms with E-state index in [1.165, 1.54) is 13.2 Å². The van der Waals surface area contributed by atoms with Crippen LogP contribution in [0.2, 0.25) is 0 Å². The van der Waals surface area contributed by atoms with Crippen molar-refractivity contribution in [3.05, 3.63) is 59.7 Å². The van der Waals surface area contributed by atoms with Crippen LogP contribution in [-0.2, 0) is 0 Å². The van der Waals surface area contributed by atoms with Gasteiger partial charge in [0.1, 0.15) is 24.3 Å². The van der Waals surface area contributed by atoms with Gasteiger partial charge in [-0.15, -0.1) is 0 Å². The quantitative estimate of drug-likeness (QED) is 0.914. The van der Waals surface area contributed by atoms with Gasteiger partial charge in [-0.05, 0) is 29.8 Å². The molecule has 0 aliphatic carbocycles. The summed E-state index contributed by atoms with van der Waals surface area (Å²) in [4.78, 5) is 0. The van der Waals surface area contributed by atoms with Gasteiger partial charge in [0.2, 0.25) is 0 Å². The van der Waals surface area contributed by atoms with Gasteiger partial charge in [0.25, 0.3) is 0 Å². The standard InChI is InChI=1S/C15H14F2O3/c1-19-12-4-2-3-10(7-12)14(18)9-20-15-6-5-11(16)8-13(15)17/h2-8,14,18H,9H2,1H3. The molecule has 0 aliphatic rings. The van der Waals surface area contributed by atoms with Crippen molar-refractivity contribution in [1.29, 1.82) is 0 Å². The molecule has 106 valence electrons. The molecule has 2 aromatic carbocycles. The number of hydrogen-bond acceptors (Lipinski definition) is 3. The molecule has 0 aromatic heterocycles. The van der Waals surface area contributed by atoms with Crippen LogP contribution in [0.1, 0.15) is 11.7 Å². The monoisotopic (exact) mass is 280 g/mol. The molecule has 0 amide bonds. The third kappa shape index (κ3) is 3.45. The van der Waals surface area contributed by atoms with Gasteiger partial charge in [-0.2, -0.15) is 0 Å². The van der Waals surface area contributed by atoms with E-state index in [2.05, 4.69) is 0 Å². The largest absolute Gasteiger partial charge is 0.497 e. The van der Waals surface area contributed by atoms with Crippen molar-refractivity contribution in [3.8, 4) is 11.5 Å². The molecule has 5 heteroatoms. The average molecular weight is 280 g/mol. The Morgan fingerprint density at radius 1 is 1.15 bits per heavy atom. The lowest BCUT2D eigenvalue weighted by atomic mass is 10.1. The van der Waals surface area contributed by atoms with E-state index in [0.717, 1.165) is 12.1 Å². The summed E-state index contributed by atoms with van der Waals surface area (Å²) in [5, 5.41) is 9.97. The molecule has 20 heavy (non-hydrogen) atoms. The lowest BCUT2D eigenvalue weighted by molar-refractivity contribution is 0.105. The average Bonchev–Trinajstić information content (AvgIpc) is 2.46. The normalized spacial score (nSPS) is 12.0. The lowest BCUT2D eigenvalue weighted by Gasteiger charge is -2.14. The summed E-state index contributed by atoms with van der Waals surface area (Å²) in [7, 11) is 1.52. The third-order valence-corrected chi connectivity index (χ3v) is 2.77. The Bertz CT molecular complexity index is 587. The van der Waals surface area contributed by atoms with E-state index in [4.69, 9.17) is 9.47 Å². The van der Waals surface area contributed by atoms with Gasteiger partial charge in [-0.1, -0.05) is 12.1 Å². The van der Waals surface area contributed by atoms with Crippen LogP contribution >= 0.6 is 0 Å². The van der Waals surface area contributed by atoms with Crippen molar-refractivity contribution in [2.24, 2.45) is 0 Å². The summed E-state index contributed by atoms with van der Waals surface area (Å²) in [6.45, 7) is -0.143. The maximum Gasteiger partial charge on any atom is 0.167 e. The number of aliphatic hydroxyl groups excluding tert-OH is 1. The first-order valence-electron chi connectivity index (χ1n) is 6.00. The minimum Gasteiger partial charge on any atom is -0.497 e. The first-order valence-corrected chi connectivity index (χ1v) is 6.00. The summed E-state index contributed by atoms with van der Waals surface area (Å²) in [6.07, 6.45) is -0.936. The fourth-order valence-corrected chi connectivity index (χ4v) is 1.71. The minimum atomic E-state index is -0.936. The van der Waals surface area contributed by atoms with E-state index in [0.29, 0.717) is 11.3 Å². The molecule has 0 radical (unpaired) electrons. The van der Waals surface area contributed by atoms with Gasteiger partial charge in [-0.25, -0.2) is 8.78 Å². The number of methoxy groups -OCH3 is 1. The number of benzene rings is 2. The van der Waals surface area contributed by atoms with Crippen LogP contribution in [0.5, 0.6) is 11.5 Å². The maximum atomic E-state index is 13.4. The number of ether oxygens (including phenoxy) is 2. The molecule has 0 bridgehead atoms. The minimum absolute atomic E-state index is 0.103. The van der Waals surface area contributed by atoms with Gasteiger partial charge < -0.3 is 14.6 Å². The molecule has 0 spiro atoms. The molecule has 1 unspecified atom stereocenters. The van der Waals surface area contributed by atoms with E-state index in [1.54, 1.807) is 24.3 Å². The number of rotatable bonds is 5. The third-order valence-electron chi connectivity index (χ3n) is 2.77. The highest BCUT2D eigenvalue weighted by atomic mass is 19.1. The summed E-state index contributed by atoms with van der Waals surface area (Å²) in [5.41, 5.74) is 0.590. The second-order valence-corrected chi connectivity index (χ2v) is 4.18. The van der Waals surface area contributed by atoms with Crippen LogP contribution in [0.3, 0.4) is 0 Å². The second kappa shape index (κ2) is 6.34. The SMILES string of the molecule is COc1cccc(C(O)COc2ccc(F)cc2F)c1. The Hall–Kier alpha value is -2.14. The number of aliphatic hydroxyl groups is 1. The zero-order valence-corrected chi connectivity index (χ0v) is 10.8. The smallest absolute Gasteiger partial charge is 0.167 e. The molecule has 0 heterocycles. The van der Waals surface area contributed by atoms with Crippen molar-refractivity contribution in [3.63, 3.8) is 0 Å². The summed E-state index contributed by atoms with van der Waals surface area (Å²) in [5.74, 6) is -0.978. The van der Waals surface area contributed by atoms with E-state index < -0.39 is 17.7 Å². The molecule has 2 rings (SSSR count). The van der Waals surface area contributed by atoms with Gasteiger partial charge in [0, 0.05) is 6.07 Å². The summed E-state index contributed by atoms with van der Waals surface area (Å²) >= 11 is 0. The van der Waals surface area contributed by atoms with E-state index >= 15 is 0 Å².